The Balaban J connectivity index is 2.64. The number of nitrogens with two attached hydrogens (primary N) is 2. The highest BCUT2D eigenvalue weighted by Gasteiger charge is 1.94. The molecule has 0 atom stereocenters. The van der Waals surface area contributed by atoms with Crippen LogP contribution in [0.1, 0.15) is 5.56 Å². The summed E-state index contributed by atoms with van der Waals surface area (Å²) in [6.45, 7) is -0.0196. The van der Waals surface area contributed by atoms with E-state index >= 15 is 0 Å². The Kier molecular flexibility index (Phi) is 4.50. The number of carboxylic acid groups (broad SMARTS) is 1. The van der Waals surface area contributed by atoms with E-state index in [0.29, 0.717) is 11.3 Å². The second-order valence-electron chi connectivity index (χ2n) is 3.14. The van der Waals surface area contributed by atoms with Crippen LogP contribution in [0.4, 0.5) is 10.5 Å². The highest BCUT2D eigenvalue weighted by Crippen LogP contribution is 2.13. The molecule has 4 N–H and O–H groups in total. The molecule has 1 rings (SSSR count). The lowest BCUT2D eigenvalue weighted by Gasteiger charge is -2.07. The summed E-state index contributed by atoms with van der Waals surface area (Å²) >= 11 is 0. The lowest BCUT2D eigenvalue weighted by molar-refractivity contribution is -0.297. The zero-order valence-corrected chi connectivity index (χ0v) is 9.20. The van der Waals surface area contributed by atoms with Gasteiger partial charge in [0.05, 0.1) is 12.2 Å². The van der Waals surface area contributed by atoms with Crippen molar-refractivity contribution in [1.29, 1.82) is 0 Å². The van der Waals surface area contributed by atoms with Gasteiger partial charge < -0.3 is 31.2 Å². The van der Waals surface area contributed by atoms with Crippen LogP contribution in [-0.2, 0) is 11.3 Å². The van der Waals surface area contributed by atoms with E-state index in [9.17, 15) is 15.0 Å². The molecular formula is C10H10N4O4-2. The topological polar surface area (TPSA) is 149 Å². The van der Waals surface area contributed by atoms with E-state index in [-0.39, 0.29) is 12.5 Å². The highest BCUT2D eigenvalue weighted by atomic mass is 16.7. The van der Waals surface area contributed by atoms with E-state index in [1.807, 2.05) is 0 Å². The Morgan fingerprint density at radius 1 is 1.22 bits per heavy atom. The van der Waals surface area contributed by atoms with Crippen molar-refractivity contribution in [3.63, 3.8) is 0 Å². The maximum absolute atomic E-state index is 10.8. The van der Waals surface area contributed by atoms with Crippen LogP contribution in [0, 0.1) is 0 Å². The normalized spacial score (nSPS) is 10.8. The van der Waals surface area contributed by atoms with Crippen LogP contribution in [0.2, 0.25) is 0 Å². The maximum Gasteiger partial charge on any atom is 0.258 e. The third-order valence-electron chi connectivity index (χ3n) is 1.76. The van der Waals surface area contributed by atoms with Crippen LogP contribution in [0.15, 0.2) is 34.3 Å². The predicted octanol–water partition coefficient (Wildman–Crippen LogP) is -1.83. The molecule has 96 valence electrons. The van der Waals surface area contributed by atoms with Crippen LogP contribution < -0.4 is 21.7 Å². The molecule has 1 aromatic rings. The van der Waals surface area contributed by atoms with Crippen molar-refractivity contribution < 1.29 is 19.7 Å². The van der Waals surface area contributed by atoms with Crippen molar-refractivity contribution in [2.75, 3.05) is 0 Å². The molecule has 0 unspecified atom stereocenters. The molecule has 0 heterocycles. The molecule has 0 bridgehead atoms. The van der Waals surface area contributed by atoms with Crippen molar-refractivity contribution in [3.8, 4) is 0 Å². The van der Waals surface area contributed by atoms with Crippen molar-refractivity contribution in [2.24, 2.45) is 21.5 Å². The average Bonchev–Trinajstić information content (AvgIpc) is 2.26. The summed E-state index contributed by atoms with van der Waals surface area (Å²) in [5, 5.41) is 20.7. The smallest absolute Gasteiger partial charge is 0.258 e. The van der Waals surface area contributed by atoms with E-state index in [0.717, 1.165) is 0 Å². The van der Waals surface area contributed by atoms with Gasteiger partial charge in [-0.05, 0) is 17.7 Å². The molecule has 0 saturated carbocycles. The van der Waals surface area contributed by atoms with Crippen molar-refractivity contribution in [1.82, 2.24) is 0 Å². The molecule has 0 aliphatic heterocycles. The summed E-state index contributed by atoms with van der Waals surface area (Å²) in [5.74, 6) is -0.0648. The third-order valence-corrected chi connectivity index (χ3v) is 1.76. The SMILES string of the molecule is NC(N)=Nc1ccc(CN=C([O-])OC(=O)[O-])cc1. The number of guanidine groups is 1. The summed E-state index contributed by atoms with van der Waals surface area (Å²) in [4.78, 5) is 17.1. The number of carbonyl (C=O) groups excluding carboxylic acids is 1. The van der Waals surface area contributed by atoms with Gasteiger partial charge >= 0.3 is 0 Å². The molecule has 18 heavy (non-hydrogen) atoms. The first-order valence-corrected chi connectivity index (χ1v) is 4.76. The second-order valence-corrected chi connectivity index (χ2v) is 3.14. The number of hydrogen-bond donors (Lipinski definition) is 2. The Morgan fingerprint density at radius 3 is 2.33 bits per heavy atom. The van der Waals surface area contributed by atoms with Crippen LogP contribution in [0.3, 0.4) is 0 Å². The van der Waals surface area contributed by atoms with E-state index in [1.165, 1.54) is 0 Å². The van der Waals surface area contributed by atoms with Gasteiger partial charge in [0.25, 0.3) is 6.16 Å². The molecule has 8 nitrogen and oxygen atoms in total. The molecule has 0 spiro atoms. The molecule has 0 amide bonds. The summed E-state index contributed by atoms with van der Waals surface area (Å²) in [6, 6.07) is 6.51. The number of carbonyl (C=O) groups is 1. The van der Waals surface area contributed by atoms with E-state index < -0.39 is 12.2 Å². The number of rotatable bonds is 3. The van der Waals surface area contributed by atoms with Crippen LogP contribution in [-0.4, -0.2) is 18.2 Å². The van der Waals surface area contributed by atoms with Gasteiger partial charge in [0.2, 0.25) is 0 Å². The van der Waals surface area contributed by atoms with Crippen molar-refractivity contribution >= 4 is 23.9 Å². The van der Waals surface area contributed by atoms with Gasteiger partial charge in [0.15, 0.2) is 12.0 Å². The maximum atomic E-state index is 10.8. The number of ether oxygens (including phenoxy) is 1. The predicted molar refractivity (Wildman–Crippen MR) is 59.5 cm³/mol. The van der Waals surface area contributed by atoms with Gasteiger partial charge in [-0.2, -0.15) is 0 Å². The summed E-state index contributed by atoms with van der Waals surface area (Å²) in [6.07, 6.45) is -3.16. The van der Waals surface area contributed by atoms with Crippen molar-refractivity contribution in [2.45, 2.75) is 6.54 Å². The number of aliphatic imine (C=N–C) groups is 2. The molecule has 0 saturated heterocycles. The molecule has 0 aromatic heterocycles. The Labute approximate surface area is 102 Å². The minimum absolute atomic E-state index is 0.0196. The minimum Gasteiger partial charge on any atom is -0.521 e. The fourth-order valence-electron chi connectivity index (χ4n) is 1.08. The quantitative estimate of drug-likeness (QED) is 0.366. The first-order valence-electron chi connectivity index (χ1n) is 4.76. The summed E-state index contributed by atoms with van der Waals surface area (Å²) < 4.78 is 3.69. The van der Waals surface area contributed by atoms with E-state index in [1.54, 1.807) is 24.3 Å². The number of benzene rings is 1. The Bertz CT molecular complexity index is 477. The van der Waals surface area contributed by atoms with E-state index in [4.69, 9.17) is 11.5 Å². The first kappa shape index (κ1) is 13.3. The molecular weight excluding hydrogens is 240 g/mol. The van der Waals surface area contributed by atoms with E-state index in [2.05, 4.69) is 14.7 Å². The average molecular weight is 250 g/mol. The van der Waals surface area contributed by atoms with Gasteiger partial charge in [0, 0.05) is 0 Å². The highest BCUT2D eigenvalue weighted by molar-refractivity contribution is 5.79. The van der Waals surface area contributed by atoms with Crippen LogP contribution >= 0.6 is 0 Å². The molecule has 0 radical (unpaired) electrons. The standard InChI is InChI=1S/C10H12N4O4/c11-8(12)14-7-3-1-6(2-4-7)5-13-9(15)18-10(16)17/h1-4H,5H2,(H,13,15)(H,16,17)(H4,11,12,14)/p-2. The van der Waals surface area contributed by atoms with Gasteiger partial charge in [-0.15, -0.1) is 0 Å². The Morgan fingerprint density at radius 2 is 1.83 bits per heavy atom. The minimum atomic E-state index is -1.94. The van der Waals surface area contributed by atoms with Gasteiger partial charge in [-0.3, -0.25) is 4.99 Å². The van der Waals surface area contributed by atoms with Crippen molar-refractivity contribution in [3.05, 3.63) is 29.8 Å². The fraction of sp³-hybridized carbons (Fsp3) is 0.100. The zero-order chi connectivity index (χ0) is 13.5. The molecule has 8 heteroatoms. The monoisotopic (exact) mass is 250 g/mol. The fourth-order valence-corrected chi connectivity index (χ4v) is 1.08. The van der Waals surface area contributed by atoms with Gasteiger partial charge in [-0.1, -0.05) is 12.1 Å². The molecule has 0 aliphatic carbocycles. The zero-order valence-electron chi connectivity index (χ0n) is 9.20. The van der Waals surface area contributed by atoms with Crippen LogP contribution in [0.5, 0.6) is 0 Å². The third kappa shape index (κ3) is 4.84. The van der Waals surface area contributed by atoms with Gasteiger partial charge in [-0.25, -0.2) is 4.99 Å². The lowest BCUT2D eigenvalue weighted by Crippen LogP contribution is -2.32. The lowest BCUT2D eigenvalue weighted by atomic mass is 10.2. The van der Waals surface area contributed by atoms with Crippen LogP contribution in [0.25, 0.3) is 0 Å². The first-order chi connectivity index (χ1) is 8.47. The van der Waals surface area contributed by atoms with Gasteiger partial charge in [0.1, 0.15) is 0 Å². The number of nitrogens with zero attached hydrogens (tertiary/aromatic N) is 2. The molecule has 1 aromatic carbocycles. The second kappa shape index (κ2) is 6.09. The molecule has 0 aliphatic rings. The summed E-state index contributed by atoms with van der Waals surface area (Å²) in [7, 11) is 0. The molecule has 0 fully saturated rings. The largest absolute Gasteiger partial charge is 0.521 e. The summed E-state index contributed by atoms with van der Waals surface area (Å²) in [5.41, 5.74) is 11.6. The Hall–Kier alpha value is -2.77. The number of hydrogen-bond acceptors (Lipinski definition) is 6.